The Morgan fingerprint density at radius 2 is 1.87 bits per heavy atom. The van der Waals surface area contributed by atoms with Crippen LogP contribution in [-0.4, -0.2) is 27.4 Å². The second-order valence-electron chi connectivity index (χ2n) is 6.30. The molecule has 0 radical (unpaired) electrons. The van der Waals surface area contributed by atoms with Crippen molar-refractivity contribution in [2.24, 2.45) is 5.92 Å². The van der Waals surface area contributed by atoms with Gasteiger partial charge in [-0.25, -0.2) is 13.1 Å². The molecule has 23 heavy (non-hydrogen) atoms. The predicted octanol–water partition coefficient (Wildman–Crippen LogP) is 2.52. The van der Waals surface area contributed by atoms with E-state index < -0.39 is 10.0 Å². The van der Waals surface area contributed by atoms with Gasteiger partial charge in [0, 0.05) is 19.5 Å². The zero-order valence-electron chi connectivity index (χ0n) is 14.5. The molecule has 0 unspecified atom stereocenters. The zero-order chi connectivity index (χ0) is 17.5. The van der Waals surface area contributed by atoms with E-state index in [4.69, 9.17) is 0 Å². The van der Waals surface area contributed by atoms with Gasteiger partial charge in [-0.05, 0) is 49.8 Å². The van der Waals surface area contributed by atoms with Crippen molar-refractivity contribution < 1.29 is 13.2 Å². The molecule has 2 N–H and O–H groups in total. The topological polar surface area (TPSA) is 75.3 Å². The van der Waals surface area contributed by atoms with Crippen LogP contribution in [0, 0.1) is 19.8 Å². The van der Waals surface area contributed by atoms with E-state index in [0.29, 0.717) is 18.0 Å². The lowest BCUT2D eigenvalue weighted by atomic mass is 10.1. The smallest absolute Gasteiger partial charge is 0.240 e. The van der Waals surface area contributed by atoms with Crippen LogP contribution in [0.5, 0.6) is 0 Å². The first kappa shape index (κ1) is 19.6. The van der Waals surface area contributed by atoms with E-state index in [0.717, 1.165) is 18.4 Å². The van der Waals surface area contributed by atoms with Crippen molar-refractivity contribution in [3.05, 3.63) is 29.3 Å². The number of nitrogens with one attached hydrogen (secondary N) is 2. The molecule has 0 saturated carbocycles. The van der Waals surface area contributed by atoms with Gasteiger partial charge < -0.3 is 5.32 Å². The van der Waals surface area contributed by atoms with E-state index in [-0.39, 0.29) is 23.8 Å². The largest absolute Gasteiger partial charge is 0.356 e. The third kappa shape index (κ3) is 7.14. The molecule has 6 heteroatoms. The first-order valence-corrected chi connectivity index (χ1v) is 9.54. The van der Waals surface area contributed by atoms with Gasteiger partial charge in [0.05, 0.1) is 4.90 Å². The van der Waals surface area contributed by atoms with Crippen molar-refractivity contribution in [3.63, 3.8) is 0 Å². The molecule has 1 amide bonds. The molecule has 1 aromatic rings. The first-order valence-electron chi connectivity index (χ1n) is 8.06. The third-order valence-corrected chi connectivity index (χ3v) is 5.16. The fourth-order valence-corrected chi connectivity index (χ4v) is 3.56. The lowest BCUT2D eigenvalue weighted by Gasteiger charge is -2.10. The van der Waals surface area contributed by atoms with Crippen LogP contribution in [0.3, 0.4) is 0 Å². The van der Waals surface area contributed by atoms with Gasteiger partial charge in [-0.15, -0.1) is 0 Å². The fourth-order valence-electron chi connectivity index (χ4n) is 2.20. The van der Waals surface area contributed by atoms with Crippen LogP contribution >= 0.6 is 0 Å². The highest BCUT2D eigenvalue weighted by molar-refractivity contribution is 7.89. The number of carbonyl (C=O) groups excluding carboxylic acids is 1. The van der Waals surface area contributed by atoms with E-state index >= 15 is 0 Å². The SMILES string of the molecule is Cc1ccc(C)c(S(=O)(=O)NCCC(=O)NCCCC(C)C)c1. The maximum absolute atomic E-state index is 12.3. The second kappa shape index (κ2) is 9.03. The number of carbonyl (C=O) groups is 1. The van der Waals surface area contributed by atoms with Crippen LogP contribution < -0.4 is 10.0 Å². The fraction of sp³-hybridized carbons (Fsp3) is 0.588. The van der Waals surface area contributed by atoms with Crippen LogP contribution in [0.4, 0.5) is 0 Å². The molecule has 130 valence electrons. The lowest BCUT2D eigenvalue weighted by molar-refractivity contribution is -0.120. The van der Waals surface area contributed by atoms with Gasteiger partial charge in [0.25, 0.3) is 0 Å². The van der Waals surface area contributed by atoms with Gasteiger partial charge in [-0.2, -0.15) is 0 Å². The minimum atomic E-state index is -3.58. The molecule has 1 rings (SSSR count). The highest BCUT2D eigenvalue weighted by Crippen LogP contribution is 2.16. The second-order valence-corrected chi connectivity index (χ2v) is 8.04. The predicted molar refractivity (Wildman–Crippen MR) is 92.8 cm³/mol. The van der Waals surface area contributed by atoms with Gasteiger partial charge in [0.1, 0.15) is 0 Å². The molecule has 0 atom stereocenters. The van der Waals surface area contributed by atoms with E-state index in [9.17, 15) is 13.2 Å². The molecule has 0 spiro atoms. The molecule has 0 bridgehead atoms. The summed E-state index contributed by atoms with van der Waals surface area (Å²) in [5.74, 6) is 0.494. The average molecular weight is 340 g/mol. The maximum Gasteiger partial charge on any atom is 0.240 e. The summed E-state index contributed by atoms with van der Waals surface area (Å²) in [6, 6.07) is 5.30. The summed E-state index contributed by atoms with van der Waals surface area (Å²) in [6.45, 7) is 8.64. The number of benzene rings is 1. The highest BCUT2D eigenvalue weighted by Gasteiger charge is 2.16. The molecule has 0 aromatic heterocycles. The van der Waals surface area contributed by atoms with Crippen LogP contribution in [0.1, 0.15) is 44.2 Å². The molecule has 0 heterocycles. The van der Waals surface area contributed by atoms with Crippen molar-refractivity contribution >= 4 is 15.9 Å². The van der Waals surface area contributed by atoms with E-state index in [1.54, 1.807) is 19.1 Å². The Morgan fingerprint density at radius 3 is 2.52 bits per heavy atom. The van der Waals surface area contributed by atoms with Gasteiger partial charge in [0.2, 0.25) is 15.9 Å². The van der Waals surface area contributed by atoms with Crippen LogP contribution in [-0.2, 0) is 14.8 Å². The van der Waals surface area contributed by atoms with Crippen molar-refractivity contribution in [1.29, 1.82) is 0 Å². The number of rotatable bonds is 9. The quantitative estimate of drug-likeness (QED) is 0.678. The summed E-state index contributed by atoms with van der Waals surface area (Å²) in [5, 5.41) is 2.81. The van der Waals surface area contributed by atoms with Gasteiger partial charge in [0.15, 0.2) is 0 Å². The zero-order valence-corrected chi connectivity index (χ0v) is 15.3. The van der Waals surface area contributed by atoms with Gasteiger partial charge in [-0.3, -0.25) is 4.79 Å². The van der Waals surface area contributed by atoms with E-state index in [2.05, 4.69) is 23.9 Å². The molecule has 1 aromatic carbocycles. The van der Waals surface area contributed by atoms with Gasteiger partial charge in [-0.1, -0.05) is 26.0 Å². The average Bonchev–Trinajstić information content (AvgIpc) is 2.45. The number of sulfonamides is 1. The van der Waals surface area contributed by atoms with Gasteiger partial charge >= 0.3 is 0 Å². The van der Waals surface area contributed by atoms with Crippen LogP contribution in [0.25, 0.3) is 0 Å². The Bertz CT molecular complexity index is 625. The molecular formula is C17H28N2O3S. The lowest BCUT2D eigenvalue weighted by Crippen LogP contribution is -2.31. The van der Waals surface area contributed by atoms with Crippen molar-refractivity contribution in [2.75, 3.05) is 13.1 Å². The number of hydrogen-bond donors (Lipinski definition) is 2. The van der Waals surface area contributed by atoms with E-state index in [1.807, 2.05) is 13.0 Å². The van der Waals surface area contributed by atoms with E-state index in [1.165, 1.54) is 0 Å². The highest BCUT2D eigenvalue weighted by atomic mass is 32.2. The number of hydrogen-bond acceptors (Lipinski definition) is 3. The Labute approximate surface area is 139 Å². The van der Waals surface area contributed by atoms with Crippen LogP contribution in [0.2, 0.25) is 0 Å². The molecular weight excluding hydrogens is 312 g/mol. The molecule has 0 saturated heterocycles. The summed E-state index contributed by atoms with van der Waals surface area (Å²) in [5.41, 5.74) is 1.58. The molecule has 0 fully saturated rings. The monoisotopic (exact) mass is 340 g/mol. The number of amides is 1. The summed E-state index contributed by atoms with van der Waals surface area (Å²) in [4.78, 5) is 12.0. The number of aryl methyl sites for hydroxylation is 2. The minimum Gasteiger partial charge on any atom is -0.356 e. The molecule has 0 aliphatic carbocycles. The Hall–Kier alpha value is -1.40. The molecule has 0 aliphatic rings. The third-order valence-electron chi connectivity index (χ3n) is 3.56. The van der Waals surface area contributed by atoms with Crippen molar-refractivity contribution in [3.8, 4) is 0 Å². The Morgan fingerprint density at radius 1 is 1.17 bits per heavy atom. The standard InChI is InChI=1S/C17H28N2O3S/c1-13(2)6-5-10-18-17(20)9-11-19-23(21,22)16-12-14(3)7-8-15(16)4/h7-8,12-13,19H,5-6,9-11H2,1-4H3,(H,18,20). The summed E-state index contributed by atoms with van der Waals surface area (Å²) in [7, 11) is -3.58. The summed E-state index contributed by atoms with van der Waals surface area (Å²) in [6.07, 6.45) is 2.16. The van der Waals surface area contributed by atoms with Crippen LogP contribution in [0.15, 0.2) is 23.1 Å². The molecule has 0 aliphatic heterocycles. The Kier molecular flexibility index (Phi) is 7.72. The van der Waals surface area contributed by atoms with Crippen molar-refractivity contribution in [2.45, 2.75) is 51.9 Å². The Balaban J connectivity index is 2.42. The summed E-state index contributed by atoms with van der Waals surface area (Å²) >= 11 is 0. The summed E-state index contributed by atoms with van der Waals surface area (Å²) < 4.78 is 27.1. The minimum absolute atomic E-state index is 0.103. The van der Waals surface area contributed by atoms with Crippen molar-refractivity contribution in [1.82, 2.24) is 10.0 Å². The maximum atomic E-state index is 12.3. The first-order chi connectivity index (χ1) is 10.7. The normalized spacial score (nSPS) is 11.7. The molecule has 5 nitrogen and oxygen atoms in total.